The van der Waals surface area contributed by atoms with Gasteiger partial charge < -0.3 is 5.32 Å². The highest BCUT2D eigenvalue weighted by Gasteiger charge is 2.22. The van der Waals surface area contributed by atoms with E-state index < -0.39 is 0 Å². The van der Waals surface area contributed by atoms with Gasteiger partial charge in [-0.2, -0.15) is 0 Å². The Morgan fingerprint density at radius 3 is 2.55 bits per heavy atom. The first-order chi connectivity index (χ1) is 9.79. The maximum atomic E-state index is 5.91. The Hall–Kier alpha value is -1.51. The summed E-state index contributed by atoms with van der Waals surface area (Å²) in [5.74, 6) is 0. The van der Waals surface area contributed by atoms with Crippen LogP contribution in [0.3, 0.4) is 0 Å². The molecule has 3 rings (SSSR count). The van der Waals surface area contributed by atoms with Crippen LogP contribution >= 0.6 is 11.6 Å². The zero-order valence-electron chi connectivity index (χ0n) is 11.4. The molecular weight excluding hydrogens is 268 g/mol. The fraction of sp³-hybridized carbons (Fsp3) is 0.294. The van der Waals surface area contributed by atoms with Crippen molar-refractivity contribution in [2.45, 2.75) is 19.0 Å². The van der Waals surface area contributed by atoms with Gasteiger partial charge in [0.2, 0.25) is 0 Å². The van der Waals surface area contributed by atoms with E-state index in [0.717, 1.165) is 30.3 Å². The van der Waals surface area contributed by atoms with E-state index in [4.69, 9.17) is 11.6 Å². The molecule has 2 aromatic rings. The van der Waals surface area contributed by atoms with Crippen LogP contribution in [0.15, 0.2) is 54.6 Å². The predicted molar refractivity (Wildman–Crippen MR) is 85.2 cm³/mol. The minimum absolute atomic E-state index is 0.528. The van der Waals surface area contributed by atoms with Crippen molar-refractivity contribution in [1.29, 1.82) is 0 Å². The molecule has 1 unspecified atom stereocenters. The lowest BCUT2D eigenvalue weighted by atomic mass is 10.2. The van der Waals surface area contributed by atoms with Crippen LogP contribution in [-0.2, 0) is 6.54 Å². The van der Waals surface area contributed by atoms with Crippen LogP contribution in [0.25, 0.3) is 0 Å². The Kier molecular flexibility index (Phi) is 4.24. The smallest absolute Gasteiger partial charge is 0.0407 e. The maximum Gasteiger partial charge on any atom is 0.0407 e. The van der Waals surface area contributed by atoms with E-state index in [9.17, 15) is 0 Å². The standard InChI is InChI=1S/C17H19ClN2/c18-15-6-8-16(9-7-15)19-17-10-11-20(13-17)12-14-4-2-1-3-5-14/h1-9,17,19H,10-13H2. The molecule has 0 spiro atoms. The maximum absolute atomic E-state index is 5.91. The van der Waals surface area contributed by atoms with Gasteiger partial charge in [-0.05, 0) is 36.2 Å². The second kappa shape index (κ2) is 6.29. The topological polar surface area (TPSA) is 15.3 Å². The molecule has 2 aromatic carbocycles. The average molecular weight is 287 g/mol. The zero-order valence-corrected chi connectivity index (χ0v) is 12.2. The molecule has 1 heterocycles. The predicted octanol–water partition coefficient (Wildman–Crippen LogP) is 4.03. The Balaban J connectivity index is 1.53. The van der Waals surface area contributed by atoms with Crippen LogP contribution < -0.4 is 5.32 Å². The summed E-state index contributed by atoms with van der Waals surface area (Å²) in [6, 6.07) is 19.1. The minimum atomic E-state index is 0.528. The number of halogens is 1. The molecule has 0 saturated carbocycles. The van der Waals surface area contributed by atoms with Crippen LogP contribution in [0.4, 0.5) is 5.69 Å². The van der Waals surface area contributed by atoms with Crippen LogP contribution in [0.1, 0.15) is 12.0 Å². The van der Waals surface area contributed by atoms with E-state index in [0.29, 0.717) is 6.04 Å². The Labute approximate surface area is 125 Å². The van der Waals surface area contributed by atoms with E-state index in [1.165, 1.54) is 12.0 Å². The highest BCUT2D eigenvalue weighted by molar-refractivity contribution is 6.30. The number of anilines is 1. The molecule has 1 saturated heterocycles. The second-order valence-corrected chi connectivity index (χ2v) is 5.79. The van der Waals surface area contributed by atoms with Gasteiger partial charge in [0, 0.05) is 36.4 Å². The number of hydrogen-bond donors (Lipinski definition) is 1. The number of nitrogens with one attached hydrogen (secondary N) is 1. The lowest BCUT2D eigenvalue weighted by Crippen LogP contribution is -2.25. The molecule has 1 aliphatic rings. The molecule has 0 bridgehead atoms. The molecule has 2 nitrogen and oxygen atoms in total. The van der Waals surface area contributed by atoms with Crippen molar-refractivity contribution in [2.24, 2.45) is 0 Å². The quantitative estimate of drug-likeness (QED) is 0.913. The summed E-state index contributed by atoms with van der Waals surface area (Å²) in [4.78, 5) is 2.50. The van der Waals surface area contributed by atoms with Crippen molar-refractivity contribution in [2.75, 3.05) is 18.4 Å². The zero-order chi connectivity index (χ0) is 13.8. The van der Waals surface area contributed by atoms with Gasteiger partial charge in [-0.1, -0.05) is 41.9 Å². The summed E-state index contributed by atoms with van der Waals surface area (Å²) in [5, 5.41) is 4.37. The number of likely N-dealkylation sites (tertiary alicyclic amines) is 1. The van der Waals surface area contributed by atoms with Crippen LogP contribution in [0.5, 0.6) is 0 Å². The fourth-order valence-corrected chi connectivity index (χ4v) is 2.84. The van der Waals surface area contributed by atoms with Gasteiger partial charge in [-0.25, -0.2) is 0 Å². The molecule has 0 aromatic heterocycles. The van der Waals surface area contributed by atoms with Crippen LogP contribution in [-0.4, -0.2) is 24.0 Å². The molecule has 1 N–H and O–H groups in total. The van der Waals surface area contributed by atoms with E-state index >= 15 is 0 Å². The molecule has 0 radical (unpaired) electrons. The van der Waals surface area contributed by atoms with Gasteiger partial charge in [0.1, 0.15) is 0 Å². The second-order valence-electron chi connectivity index (χ2n) is 5.36. The average Bonchev–Trinajstić information content (AvgIpc) is 2.90. The lowest BCUT2D eigenvalue weighted by molar-refractivity contribution is 0.328. The van der Waals surface area contributed by atoms with E-state index in [1.54, 1.807) is 0 Å². The number of benzene rings is 2. The van der Waals surface area contributed by atoms with Gasteiger partial charge in [0.15, 0.2) is 0 Å². The Morgan fingerprint density at radius 2 is 1.80 bits per heavy atom. The third-order valence-electron chi connectivity index (χ3n) is 3.74. The Bertz CT molecular complexity index is 539. The Morgan fingerprint density at radius 1 is 1.05 bits per heavy atom. The first kappa shape index (κ1) is 13.5. The van der Waals surface area contributed by atoms with E-state index in [-0.39, 0.29) is 0 Å². The molecule has 0 aliphatic carbocycles. The lowest BCUT2D eigenvalue weighted by Gasteiger charge is -2.17. The molecule has 3 heteroatoms. The first-order valence-corrected chi connectivity index (χ1v) is 7.46. The third-order valence-corrected chi connectivity index (χ3v) is 3.99. The third kappa shape index (κ3) is 3.53. The van der Waals surface area contributed by atoms with Gasteiger partial charge >= 0.3 is 0 Å². The van der Waals surface area contributed by atoms with Crippen LogP contribution in [0, 0.1) is 0 Å². The largest absolute Gasteiger partial charge is 0.381 e. The van der Waals surface area contributed by atoms with Gasteiger partial charge in [-0.3, -0.25) is 4.90 Å². The van der Waals surface area contributed by atoms with Crippen molar-refractivity contribution in [3.05, 3.63) is 65.2 Å². The summed E-state index contributed by atoms with van der Waals surface area (Å²) in [7, 11) is 0. The summed E-state index contributed by atoms with van der Waals surface area (Å²) in [6.07, 6.45) is 1.19. The minimum Gasteiger partial charge on any atom is -0.381 e. The van der Waals surface area contributed by atoms with Gasteiger partial charge in [0.05, 0.1) is 0 Å². The number of hydrogen-bond acceptors (Lipinski definition) is 2. The highest BCUT2D eigenvalue weighted by atomic mass is 35.5. The van der Waals surface area contributed by atoms with Crippen molar-refractivity contribution < 1.29 is 0 Å². The summed E-state index contributed by atoms with van der Waals surface area (Å²) < 4.78 is 0. The summed E-state index contributed by atoms with van der Waals surface area (Å²) in [6.45, 7) is 3.29. The SMILES string of the molecule is Clc1ccc(NC2CCN(Cc3ccccc3)C2)cc1. The molecule has 1 fully saturated rings. The molecular formula is C17H19ClN2. The van der Waals surface area contributed by atoms with E-state index in [1.807, 2.05) is 24.3 Å². The summed E-state index contributed by atoms with van der Waals surface area (Å²) in [5.41, 5.74) is 2.54. The molecule has 20 heavy (non-hydrogen) atoms. The number of nitrogens with zero attached hydrogens (tertiary/aromatic N) is 1. The van der Waals surface area contributed by atoms with E-state index in [2.05, 4.69) is 40.5 Å². The first-order valence-electron chi connectivity index (χ1n) is 7.08. The molecule has 104 valence electrons. The van der Waals surface area contributed by atoms with Crippen molar-refractivity contribution in [3.63, 3.8) is 0 Å². The highest BCUT2D eigenvalue weighted by Crippen LogP contribution is 2.19. The van der Waals surface area contributed by atoms with Gasteiger partial charge in [-0.15, -0.1) is 0 Å². The number of rotatable bonds is 4. The van der Waals surface area contributed by atoms with Crippen molar-refractivity contribution >= 4 is 17.3 Å². The monoisotopic (exact) mass is 286 g/mol. The van der Waals surface area contributed by atoms with Crippen molar-refractivity contribution in [1.82, 2.24) is 4.90 Å². The summed E-state index contributed by atoms with van der Waals surface area (Å²) >= 11 is 5.91. The molecule has 1 atom stereocenters. The normalized spacial score (nSPS) is 19.1. The van der Waals surface area contributed by atoms with Crippen molar-refractivity contribution in [3.8, 4) is 0 Å². The molecule has 0 amide bonds. The molecule has 1 aliphatic heterocycles. The fourth-order valence-electron chi connectivity index (χ4n) is 2.72. The van der Waals surface area contributed by atoms with Crippen LogP contribution in [0.2, 0.25) is 5.02 Å². The van der Waals surface area contributed by atoms with Gasteiger partial charge in [0.25, 0.3) is 0 Å².